The third-order valence-corrected chi connectivity index (χ3v) is 5.96. The summed E-state index contributed by atoms with van der Waals surface area (Å²) >= 11 is 0. The van der Waals surface area contributed by atoms with Gasteiger partial charge >= 0.3 is 0 Å². The van der Waals surface area contributed by atoms with Crippen LogP contribution >= 0.6 is 0 Å². The number of carbonyl (C=O) groups is 1. The van der Waals surface area contributed by atoms with Crippen LogP contribution in [-0.4, -0.2) is 39.4 Å². The van der Waals surface area contributed by atoms with Gasteiger partial charge in [-0.3, -0.25) is 4.79 Å². The topological polar surface area (TPSA) is 89.7 Å². The predicted octanol–water partition coefficient (Wildman–Crippen LogP) is 2.25. The molecule has 0 aliphatic carbocycles. The van der Waals surface area contributed by atoms with Gasteiger partial charge in [0.25, 0.3) is 5.91 Å². The van der Waals surface area contributed by atoms with Gasteiger partial charge in [0.15, 0.2) is 0 Å². The lowest BCUT2D eigenvalue weighted by Gasteiger charge is -2.41. The van der Waals surface area contributed by atoms with E-state index in [0.717, 1.165) is 23.8 Å². The van der Waals surface area contributed by atoms with E-state index in [9.17, 15) is 17.6 Å². The first-order valence-electron chi connectivity index (χ1n) is 8.49. The molecular formula is C19H21FN2O4S. The number of hydrogen-bond donors (Lipinski definition) is 1. The maximum Gasteiger partial charge on any atom is 0.256 e. The first kappa shape index (κ1) is 19.5. The Kier molecular flexibility index (Phi) is 5.32. The molecule has 2 aromatic carbocycles. The van der Waals surface area contributed by atoms with Crippen LogP contribution in [0.1, 0.15) is 28.8 Å². The molecule has 27 heavy (non-hydrogen) atoms. The van der Waals surface area contributed by atoms with Crippen LogP contribution in [0, 0.1) is 5.82 Å². The van der Waals surface area contributed by atoms with Crippen LogP contribution in [0.5, 0.6) is 0 Å². The molecule has 1 fully saturated rings. The Morgan fingerprint density at radius 3 is 2.33 bits per heavy atom. The lowest BCUT2D eigenvalue weighted by atomic mass is 9.84. The summed E-state index contributed by atoms with van der Waals surface area (Å²) < 4.78 is 42.9. The van der Waals surface area contributed by atoms with Crippen molar-refractivity contribution in [2.75, 3.05) is 20.2 Å². The third-order valence-electron chi connectivity index (χ3n) is 5.05. The molecule has 2 aromatic rings. The largest absolute Gasteiger partial charge is 0.373 e. The van der Waals surface area contributed by atoms with Crippen LogP contribution in [0.25, 0.3) is 0 Å². The SMILES string of the molecule is COC1(c2ccccc2)CCN(C(=O)c2cc(S(N)(=O)=O)ccc2F)CC1. The highest BCUT2D eigenvalue weighted by atomic mass is 32.2. The Hall–Kier alpha value is -2.29. The normalized spacial score (nSPS) is 16.9. The molecule has 6 nitrogen and oxygen atoms in total. The lowest BCUT2D eigenvalue weighted by Crippen LogP contribution is -2.46. The van der Waals surface area contributed by atoms with Crippen LogP contribution in [0.4, 0.5) is 4.39 Å². The Morgan fingerprint density at radius 2 is 1.78 bits per heavy atom. The fourth-order valence-electron chi connectivity index (χ4n) is 3.44. The molecule has 1 saturated heterocycles. The summed E-state index contributed by atoms with van der Waals surface area (Å²) in [6, 6.07) is 12.7. The summed E-state index contributed by atoms with van der Waals surface area (Å²) in [7, 11) is -2.38. The van der Waals surface area contributed by atoms with E-state index in [4.69, 9.17) is 9.88 Å². The van der Waals surface area contributed by atoms with Gasteiger partial charge in [-0.25, -0.2) is 17.9 Å². The predicted molar refractivity (Wildman–Crippen MR) is 98.0 cm³/mol. The van der Waals surface area contributed by atoms with E-state index in [-0.39, 0.29) is 10.5 Å². The number of nitrogens with two attached hydrogens (primary N) is 1. The Balaban J connectivity index is 1.81. The maximum absolute atomic E-state index is 14.1. The van der Waals surface area contributed by atoms with Crippen LogP contribution in [0.2, 0.25) is 0 Å². The van der Waals surface area contributed by atoms with Gasteiger partial charge in [0.2, 0.25) is 10.0 Å². The van der Waals surface area contributed by atoms with Crippen molar-refractivity contribution in [2.45, 2.75) is 23.3 Å². The van der Waals surface area contributed by atoms with Crippen LogP contribution in [-0.2, 0) is 20.4 Å². The highest BCUT2D eigenvalue weighted by molar-refractivity contribution is 7.89. The summed E-state index contributed by atoms with van der Waals surface area (Å²) in [5, 5.41) is 5.08. The molecule has 1 aliphatic rings. The van der Waals surface area contributed by atoms with E-state index < -0.39 is 27.3 Å². The Bertz CT molecular complexity index is 939. The summed E-state index contributed by atoms with van der Waals surface area (Å²) in [6.45, 7) is 0.723. The molecule has 0 bridgehead atoms. The van der Waals surface area contributed by atoms with E-state index in [2.05, 4.69) is 0 Å². The average molecular weight is 392 g/mol. The number of amides is 1. The maximum atomic E-state index is 14.1. The van der Waals surface area contributed by atoms with Crippen molar-refractivity contribution >= 4 is 15.9 Å². The molecule has 1 heterocycles. The fourth-order valence-corrected chi connectivity index (χ4v) is 3.98. The number of carbonyl (C=O) groups excluding carboxylic acids is 1. The van der Waals surface area contributed by atoms with Crippen molar-refractivity contribution in [3.05, 3.63) is 65.5 Å². The van der Waals surface area contributed by atoms with E-state index in [0.29, 0.717) is 25.9 Å². The zero-order valence-electron chi connectivity index (χ0n) is 14.9. The highest BCUT2D eigenvalue weighted by Crippen LogP contribution is 2.36. The van der Waals surface area contributed by atoms with E-state index in [1.54, 1.807) is 7.11 Å². The number of likely N-dealkylation sites (tertiary alicyclic amines) is 1. The molecule has 144 valence electrons. The summed E-state index contributed by atoms with van der Waals surface area (Å²) in [5.74, 6) is -1.34. The van der Waals surface area contributed by atoms with Crippen LogP contribution in [0.3, 0.4) is 0 Å². The molecule has 3 rings (SSSR count). The molecular weight excluding hydrogens is 371 g/mol. The first-order chi connectivity index (χ1) is 12.8. The second-order valence-electron chi connectivity index (χ2n) is 6.54. The van der Waals surface area contributed by atoms with Crippen molar-refractivity contribution < 1.29 is 22.3 Å². The molecule has 1 amide bonds. The van der Waals surface area contributed by atoms with Gasteiger partial charge in [-0.2, -0.15) is 0 Å². The second-order valence-corrected chi connectivity index (χ2v) is 8.10. The van der Waals surface area contributed by atoms with Crippen molar-refractivity contribution in [3.8, 4) is 0 Å². The fraction of sp³-hybridized carbons (Fsp3) is 0.316. The van der Waals surface area contributed by atoms with Crippen LogP contribution in [0.15, 0.2) is 53.4 Å². The van der Waals surface area contributed by atoms with Crippen molar-refractivity contribution in [2.24, 2.45) is 5.14 Å². The molecule has 2 N–H and O–H groups in total. The third kappa shape index (κ3) is 3.87. The molecule has 0 spiro atoms. The number of nitrogens with zero attached hydrogens (tertiary/aromatic N) is 1. The van der Waals surface area contributed by atoms with Gasteiger partial charge in [0.05, 0.1) is 16.1 Å². The van der Waals surface area contributed by atoms with Gasteiger partial charge < -0.3 is 9.64 Å². The number of halogens is 1. The number of piperidine rings is 1. The number of sulfonamides is 1. The Labute approximate surface area is 157 Å². The molecule has 0 radical (unpaired) electrons. The standard InChI is InChI=1S/C19H21FN2O4S/c1-26-19(14-5-3-2-4-6-14)9-11-22(12-10-19)18(23)16-13-15(27(21,24)25)7-8-17(16)20/h2-8,13H,9-12H2,1H3,(H2,21,24,25). The van der Waals surface area contributed by atoms with E-state index in [1.165, 1.54) is 4.90 Å². The monoisotopic (exact) mass is 392 g/mol. The van der Waals surface area contributed by atoms with Gasteiger partial charge in [0, 0.05) is 20.2 Å². The number of methoxy groups -OCH3 is 1. The van der Waals surface area contributed by atoms with E-state index in [1.807, 2.05) is 30.3 Å². The zero-order valence-corrected chi connectivity index (χ0v) is 15.7. The highest BCUT2D eigenvalue weighted by Gasteiger charge is 2.38. The summed E-state index contributed by atoms with van der Waals surface area (Å²) in [5.41, 5.74) is 0.229. The minimum absolute atomic E-state index is 0.292. The minimum atomic E-state index is -4.02. The van der Waals surface area contributed by atoms with Gasteiger partial charge in [0.1, 0.15) is 5.82 Å². The van der Waals surface area contributed by atoms with Gasteiger partial charge in [-0.15, -0.1) is 0 Å². The number of hydrogen-bond acceptors (Lipinski definition) is 4. The lowest BCUT2D eigenvalue weighted by molar-refractivity contribution is -0.0575. The summed E-state index contributed by atoms with van der Waals surface area (Å²) in [6.07, 6.45) is 1.10. The molecule has 0 atom stereocenters. The average Bonchev–Trinajstić information content (AvgIpc) is 2.67. The van der Waals surface area contributed by atoms with Gasteiger partial charge in [-0.1, -0.05) is 30.3 Å². The van der Waals surface area contributed by atoms with Crippen LogP contribution < -0.4 is 5.14 Å². The number of rotatable bonds is 4. The first-order valence-corrected chi connectivity index (χ1v) is 10.0. The second kappa shape index (κ2) is 7.38. The van der Waals surface area contributed by atoms with Crippen molar-refractivity contribution in [1.29, 1.82) is 0 Å². The van der Waals surface area contributed by atoms with Crippen molar-refractivity contribution in [1.82, 2.24) is 4.90 Å². The molecule has 0 unspecified atom stereocenters. The van der Waals surface area contributed by atoms with E-state index >= 15 is 0 Å². The summed E-state index contributed by atoms with van der Waals surface area (Å²) in [4.78, 5) is 14.0. The quantitative estimate of drug-likeness (QED) is 0.864. The smallest absolute Gasteiger partial charge is 0.256 e. The molecule has 8 heteroatoms. The molecule has 0 aromatic heterocycles. The number of benzene rings is 2. The minimum Gasteiger partial charge on any atom is -0.373 e. The molecule has 0 saturated carbocycles. The Morgan fingerprint density at radius 1 is 1.15 bits per heavy atom. The number of ether oxygens (including phenoxy) is 1. The van der Waals surface area contributed by atoms with Crippen molar-refractivity contribution in [3.63, 3.8) is 0 Å². The van der Waals surface area contributed by atoms with Gasteiger partial charge in [-0.05, 0) is 36.6 Å². The number of primary sulfonamides is 1. The zero-order chi connectivity index (χ0) is 19.7. The molecule has 1 aliphatic heterocycles.